The smallest absolute Gasteiger partial charge is 0.251 e. The van der Waals surface area contributed by atoms with Gasteiger partial charge in [0.15, 0.2) is 0 Å². The highest BCUT2D eigenvalue weighted by Gasteiger charge is 2.52. The first kappa shape index (κ1) is 12.8. The second-order valence-electron chi connectivity index (χ2n) is 6.75. The standard InChI is InChI=1S/C14H24F2N2/c1-13(11-4-5-11)10-18(8-12(15)16)14(9-17-13)6-2-3-7-14/h11-12,17H,2-10H2,1H3. The number of hydrogen-bond donors (Lipinski definition) is 1. The summed E-state index contributed by atoms with van der Waals surface area (Å²) in [5.74, 6) is 0.705. The Balaban J connectivity index is 1.76. The van der Waals surface area contributed by atoms with E-state index in [9.17, 15) is 8.78 Å². The molecule has 2 saturated carbocycles. The van der Waals surface area contributed by atoms with Crippen LogP contribution in [0.1, 0.15) is 45.4 Å². The molecule has 0 bridgehead atoms. The fourth-order valence-electron chi connectivity index (χ4n) is 4.04. The molecule has 0 radical (unpaired) electrons. The largest absolute Gasteiger partial charge is 0.308 e. The van der Waals surface area contributed by atoms with Crippen molar-refractivity contribution in [3.63, 3.8) is 0 Å². The molecule has 2 nitrogen and oxygen atoms in total. The zero-order chi connectivity index (χ0) is 12.8. The van der Waals surface area contributed by atoms with Crippen molar-refractivity contribution in [3.05, 3.63) is 0 Å². The highest BCUT2D eigenvalue weighted by molar-refractivity contribution is 5.10. The maximum atomic E-state index is 12.9. The molecule has 1 saturated heterocycles. The van der Waals surface area contributed by atoms with Gasteiger partial charge in [0.05, 0.1) is 6.54 Å². The van der Waals surface area contributed by atoms with Crippen LogP contribution in [0.3, 0.4) is 0 Å². The van der Waals surface area contributed by atoms with Crippen molar-refractivity contribution in [2.24, 2.45) is 5.92 Å². The summed E-state index contributed by atoms with van der Waals surface area (Å²) >= 11 is 0. The van der Waals surface area contributed by atoms with Crippen molar-refractivity contribution in [1.29, 1.82) is 0 Å². The van der Waals surface area contributed by atoms with E-state index in [-0.39, 0.29) is 17.6 Å². The summed E-state index contributed by atoms with van der Waals surface area (Å²) in [7, 11) is 0. The quantitative estimate of drug-likeness (QED) is 0.837. The minimum Gasteiger partial charge on any atom is -0.308 e. The van der Waals surface area contributed by atoms with Crippen molar-refractivity contribution in [1.82, 2.24) is 10.2 Å². The first-order chi connectivity index (χ1) is 8.54. The van der Waals surface area contributed by atoms with Gasteiger partial charge in [-0.1, -0.05) is 12.8 Å². The van der Waals surface area contributed by atoms with Crippen LogP contribution in [0.2, 0.25) is 0 Å². The Morgan fingerprint density at radius 2 is 1.94 bits per heavy atom. The average Bonchev–Trinajstić information content (AvgIpc) is 3.06. The molecule has 1 unspecified atom stereocenters. The summed E-state index contributed by atoms with van der Waals surface area (Å²) in [5, 5.41) is 3.71. The number of nitrogens with zero attached hydrogens (tertiary/aromatic N) is 1. The maximum Gasteiger partial charge on any atom is 0.251 e. The zero-order valence-corrected chi connectivity index (χ0v) is 11.2. The molecule has 1 spiro atoms. The van der Waals surface area contributed by atoms with Gasteiger partial charge in [0.25, 0.3) is 6.43 Å². The summed E-state index contributed by atoms with van der Waals surface area (Å²) in [6.07, 6.45) is 4.89. The van der Waals surface area contributed by atoms with E-state index in [1.807, 2.05) is 0 Å². The Bertz CT molecular complexity index is 311. The van der Waals surface area contributed by atoms with Crippen molar-refractivity contribution >= 4 is 0 Å². The molecular weight excluding hydrogens is 234 g/mol. The lowest BCUT2D eigenvalue weighted by atomic mass is 9.83. The van der Waals surface area contributed by atoms with Gasteiger partial charge < -0.3 is 5.32 Å². The summed E-state index contributed by atoms with van der Waals surface area (Å²) < 4.78 is 25.7. The molecule has 0 amide bonds. The van der Waals surface area contributed by atoms with E-state index in [4.69, 9.17) is 0 Å². The molecule has 0 aromatic carbocycles. The molecule has 18 heavy (non-hydrogen) atoms. The van der Waals surface area contributed by atoms with Crippen molar-refractivity contribution < 1.29 is 8.78 Å². The molecule has 0 aromatic rings. The lowest BCUT2D eigenvalue weighted by Crippen LogP contribution is -2.69. The summed E-state index contributed by atoms with van der Waals surface area (Å²) in [4.78, 5) is 2.12. The Hall–Kier alpha value is -0.220. The topological polar surface area (TPSA) is 15.3 Å². The van der Waals surface area contributed by atoms with Crippen molar-refractivity contribution in [3.8, 4) is 0 Å². The van der Waals surface area contributed by atoms with Gasteiger partial charge in [-0.15, -0.1) is 0 Å². The number of rotatable bonds is 3. The minimum absolute atomic E-state index is 0.0326. The second kappa shape index (κ2) is 4.41. The highest BCUT2D eigenvalue weighted by atomic mass is 19.3. The monoisotopic (exact) mass is 258 g/mol. The molecule has 1 aliphatic heterocycles. The first-order valence-corrected chi connectivity index (χ1v) is 7.32. The number of piperazine rings is 1. The Kier molecular flexibility index (Phi) is 3.14. The molecule has 2 aliphatic carbocycles. The fourth-order valence-corrected chi connectivity index (χ4v) is 4.04. The van der Waals surface area contributed by atoms with Crippen LogP contribution in [0.25, 0.3) is 0 Å². The molecule has 1 N–H and O–H groups in total. The molecule has 1 atom stereocenters. The first-order valence-electron chi connectivity index (χ1n) is 7.32. The van der Waals surface area contributed by atoms with Gasteiger partial charge in [0.2, 0.25) is 0 Å². The van der Waals surface area contributed by atoms with E-state index in [0.717, 1.165) is 25.9 Å². The molecule has 104 valence electrons. The SMILES string of the molecule is CC1(C2CC2)CN(CC(F)F)C2(CCCC2)CN1. The summed E-state index contributed by atoms with van der Waals surface area (Å²) in [6, 6.07) is 0. The van der Waals surface area contributed by atoms with Crippen LogP contribution >= 0.6 is 0 Å². The molecule has 3 aliphatic rings. The number of alkyl halides is 2. The van der Waals surface area contributed by atoms with E-state index in [0.29, 0.717) is 5.92 Å². The van der Waals surface area contributed by atoms with Crippen molar-refractivity contribution in [2.45, 2.75) is 63.0 Å². The van der Waals surface area contributed by atoms with Gasteiger partial charge in [-0.25, -0.2) is 8.78 Å². The lowest BCUT2D eigenvalue weighted by molar-refractivity contribution is -0.0314. The third-order valence-corrected chi connectivity index (χ3v) is 5.38. The van der Waals surface area contributed by atoms with Crippen molar-refractivity contribution in [2.75, 3.05) is 19.6 Å². The van der Waals surface area contributed by atoms with Crippen LogP contribution in [0, 0.1) is 5.92 Å². The van der Waals surface area contributed by atoms with Gasteiger partial charge in [-0.3, -0.25) is 4.90 Å². The Labute approximate surface area is 108 Å². The van der Waals surface area contributed by atoms with Gasteiger partial charge in [0, 0.05) is 24.2 Å². The minimum atomic E-state index is -2.20. The number of halogens is 2. The predicted molar refractivity (Wildman–Crippen MR) is 67.9 cm³/mol. The zero-order valence-electron chi connectivity index (χ0n) is 11.2. The molecule has 4 heteroatoms. The molecule has 1 heterocycles. The van der Waals surface area contributed by atoms with E-state index >= 15 is 0 Å². The highest BCUT2D eigenvalue weighted by Crippen LogP contribution is 2.45. The van der Waals surface area contributed by atoms with E-state index < -0.39 is 6.43 Å². The van der Waals surface area contributed by atoms with Crippen LogP contribution in [0.4, 0.5) is 8.78 Å². The third-order valence-electron chi connectivity index (χ3n) is 5.38. The predicted octanol–water partition coefficient (Wildman–Crippen LogP) is 2.64. The average molecular weight is 258 g/mol. The Morgan fingerprint density at radius 3 is 2.50 bits per heavy atom. The normalized spacial score (nSPS) is 36.7. The van der Waals surface area contributed by atoms with Gasteiger partial charge in [-0.05, 0) is 38.5 Å². The van der Waals surface area contributed by atoms with Gasteiger partial charge >= 0.3 is 0 Å². The number of hydrogen-bond acceptors (Lipinski definition) is 2. The van der Waals surface area contributed by atoms with Gasteiger partial charge in [0.1, 0.15) is 0 Å². The van der Waals surface area contributed by atoms with Crippen LogP contribution in [-0.2, 0) is 0 Å². The van der Waals surface area contributed by atoms with E-state index in [1.165, 1.54) is 25.7 Å². The maximum absolute atomic E-state index is 12.9. The third kappa shape index (κ3) is 2.18. The van der Waals surface area contributed by atoms with Crippen LogP contribution < -0.4 is 5.32 Å². The molecule has 3 fully saturated rings. The molecule has 3 rings (SSSR count). The summed E-state index contributed by atoms with van der Waals surface area (Å²) in [5.41, 5.74) is 0.105. The van der Waals surface area contributed by atoms with E-state index in [2.05, 4.69) is 17.1 Å². The lowest BCUT2D eigenvalue weighted by Gasteiger charge is -2.52. The van der Waals surface area contributed by atoms with Crippen LogP contribution in [0.5, 0.6) is 0 Å². The number of nitrogens with one attached hydrogen (secondary N) is 1. The van der Waals surface area contributed by atoms with E-state index in [1.54, 1.807) is 0 Å². The fraction of sp³-hybridized carbons (Fsp3) is 1.00. The summed E-state index contributed by atoms with van der Waals surface area (Å²) in [6.45, 7) is 3.91. The Morgan fingerprint density at radius 1 is 1.28 bits per heavy atom. The van der Waals surface area contributed by atoms with Crippen LogP contribution in [-0.4, -0.2) is 42.0 Å². The molecule has 0 aromatic heterocycles. The second-order valence-corrected chi connectivity index (χ2v) is 6.75. The molecular formula is C14H24F2N2. The van der Waals surface area contributed by atoms with Gasteiger partial charge in [-0.2, -0.15) is 0 Å². The van der Waals surface area contributed by atoms with Crippen LogP contribution in [0.15, 0.2) is 0 Å².